The van der Waals surface area contributed by atoms with Gasteiger partial charge < -0.3 is 0 Å². The molecule has 0 fully saturated rings. The van der Waals surface area contributed by atoms with Crippen molar-refractivity contribution in [2.24, 2.45) is 0 Å². The van der Waals surface area contributed by atoms with Crippen molar-refractivity contribution in [3.05, 3.63) is 59.3 Å². The Labute approximate surface area is 165 Å². The van der Waals surface area contributed by atoms with Crippen LogP contribution in [0.25, 0.3) is 51.0 Å². The van der Waals surface area contributed by atoms with Crippen molar-refractivity contribution in [3.63, 3.8) is 0 Å². The van der Waals surface area contributed by atoms with Crippen LogP contribution >= 0.6 is 45.3 Å². The first kappa shape index (κ1) is 15.0. The van der Waals surface area contributed by atoms with Gasteiger partial charge in [0.1, 0.15) is 10.0 Å². The first-order chi connectivity index (χ1) is 12.9. The molecule has 0 amide bonds. The van der Waals surface area contributed by atoms with E-state index in [-0.39, 0.29) is 0 Å². The summed E-state index contributed by atoms with van der Waals surface area (Å²) in [6, 6.07) is 17.0. The zero-order chi connectivity index (χ0) is 17.1. The van der Waals surface area contributed by atoms with Crippen LogP contribution in [0.3, 0.4) is 0 Å². The quantitative estimate of drug-likeness (QED) is 0.297. The van der Waals surface area contributed by atoms with Crippen molar-refractivity contribution < 1.29 is 0 Å². The molecule has 0 saturated heterocycles. The summed E-state index contributed by atoms with van der Waals surface area (Å²) in [5, 5.41) is 9.11. The van der Waals surface area contributed by atoms with Gasteiger partial charge >= 0.3 is 0 Å². The molecular weight excluding hydrogens is 397 g/mol. The fraction of sp³-hybridized carbons (Fsp3) is 0. The standard InChI is InChI=1S/C20H10N2S4/c1-3-7-15-11(5-1)13(9-23-15)17-21-19-20(25-17)22-18(26-19)14-10-24-16-8-4-2-6-12(14)16/h1-10H. The molecule has 0 aliphatic rings. The number of benzene rings is 2. The molecule has 6 rings (SSSR count). The molecule has 0 N–H and O–H groups in total. The van der Waals surface area contributed by atoms with E-state index in [1.807, 2.05) is 0 Å². The molecule has 0 spiro atoms. The number of rotatable bonds is 2. The van der Waals surface area contributed by atoms with Gasteiger partial charge in [-0.25, -0.2) is 9.97 Å². The summed E-state index contributed by atoms with van der Waals surface area (Å²) in [7, 11) is 0. The van der Waals surface area contributed by atoms with Gasteiger partial charge in [-0.2, -0.15) is 0 Å². The van der Waals surface area contributed by atoms with Crippen LogP contribution < -0.4 is 0 Å². The Hall–Kier alpha value is -2.12. The minimum absolute atomic E-state index is 1.03. The van der Waals surface area contributed by atoms with Crippen LogP contribution in [0.2, 0.25) is 0 Å². The molecule has 2 nitrogen and oxygen atoms in total. The smallest absolute Gasteiger partial charge is 0.155 e. The third-order valence-electron chi connectivity index (χ3n) is 4.40. The minimum atomic E-state index is 1.03. The van der Waals surface area contributed by atoms with Crippen molar-refractivity contribution >= 4 is 75.2 Å². The van der Waals surface area contributed by atoms with Gasteiger partial charge in [-0.3, -0.25) is 0 Å². The first-order valence-corrected chi connectivity index (χ1v) is 11.5. The molecule has 124 valence electrons. The van der Waals surface area contributed by atoms with Crippen molar-refractivity contribution in [1.29, 1.82) is 0 Å². The van der Waals surface area contributed by atoms with Crippen LogP contribution in [-0.2, 0) is 0 Å². The van der Waals surface area contributed by atoms with Crippen molar-refractivity contribution in [3.8, 4) is 21.1 Å². The predicted octanol–water partition coefficient (Wildman–Crippen LogP) is 7.52. The Morgan fingerprint density at radius 1 is 0.577 bits per heavy atom. The molecule has 0 saturated carbocycles. The molecule has 0 bridgehead atoms. The van der Waals surface area contributed by atoms with Crippen LogP contribution in [0, 0.1) is 0 Å². The average molecular weight is 407 g/mol. The topological polar surface area (TPSA) is 25.8 Å². The molecule has 0 aliphatic heterocycles. The maximum Gasteiger partial charge on any atom is 0.155 e. The number of fused-ring (bicyclic) bond motifs is 3. The van der Waals surface area contributed by atoms with E-state index in [1.54, 1.807) is 45.3 Å². The lowest BCUT2D eigenvalue weighted by atomic mass is 10.2. The van der Waals surface area contributed by atoms with E-state index in [0.29, 0.717) is 0 Å². The second kappa shape index (κ2) is 5.69. The lowest BCUT2D eigenvalue weighted by Crippen LogP contribution is -1.73. The Morgan fingerprint density at radius 2 is 1.04 bits per heavy atom. The van der Waals surface area contributed by atoms with Crippen LogP contribution in [0.4, 0.5) is 0 Å². The molecule has 2 aromatic carbocycles. The van der Waals surface area contributed by atoms with Gasteiger partial charge in [0.15, 0.2) is 9.66 Å². The maximum absolute atomic E-state index is 4.90. The van der Waals surface area contributed by atoms with Crippen LogP contribution in [0.5, 0.6) is 0 Å². The summed E-state index contributed by atoms with van der Waals surface area (Å²) in [5.41, 5.74) is 2.45. The maximum atomic E-state index is 4.90. The number of thiazole rings is 2. The molecule has 0 aliphatic carbocycles. The zero-order valence-corrected chi connectivity index (χ0v) is 16.6. The number of hydrogen-bond acceptors (Lipinski definition) is 6. The van der Waals surface area contributed by atoms with E-state index in [9.17, 15) is 0 Å². The van der Waals surface area contributed by atoms with Gasteiger partial charge in [0.2, 0.25) is 0 Å². The van der Waals surface area contributed by atoms with Crippen molar-refractivity contribution in [2.75, 3.05) is 0 Å². The lowest BCUT2D eigenvalue weighted by molar-refractivity contribution is 1.50. The fourth-order valence-electron chi connectivity index (χ4n) is 3.16. The van der Waals surface area contributed by atoms with E-state index < -0.39 is 0 Å². The number of thiophene rings is 2. The summed E-state index contributed by atoms with van der Waals surface area (Å²) >= 11 is 6.93. The molecule has 0 unspecified atom stereocenters. The molecule has 4 heterocycles. The van der Waals surface area contributed by atoms with E-state index >= 15 is 0 Å². The molecular formula is C20H10N2S4. The van der Waals surface area contributed by atoms with E-state index in [4.69, 9.17) is 9.97 Å². The monoisotopic (exact) mass is 406 g/mol. The Morgan fingerprint density at radius 3 is 1.54 bits per heavy atom. The molecule has 26 heavy (non-hydrogen) atoms. The van der Waals surface area contributed by atoms with E-state index in [0.717, 1.165) is 19.7 Å². The second-order valence-electron chi connectivity index (χ2n) is 5.94. The first-order valence-electron chi connectivity index (χ1n) is 8.07. The summed E-state index contributed by atoms with van der Waals surface area (Å²) in [6.45, 7) is 0. The van der Waals surface area contributed by atoms with Crippen LogP contribution in [0.1, 0.15) is 0 Å². The fourth-order valence-corrected chi connectivity index (χ4v) is 7.30. The van der Waals surface area contributed by atoms with Crippen LogP contribution in [0.15, 0.2) is 59.3 Å². The van der Waals surface area contributed by atoms with Gasteiger partial charge in [-0.1, -0.05) is 59.1 Å². The zero-order valence-electron chi connectivity index (χ0n) is 13.3. The van der Waals surface area contributed by atoms with Gasteiger partial charge in [0.05, 0.1) is 0 Å². The highest BCUT2D eigenvalue weighted by Gasteiger charge is 2.17. The highest BCUT2D eigenvalue weighted by atomic mass is 32.1. The molecule has 0 radical (unpaired) electrons. The third-order valence-corrected chi connectivity index (χ3v) is 8.42. The molecule has 6 aromatic rings. The summed E-state index contributed by atoms with van der Waals surface area (Å²) in [4.78, 5) is 11.9. The lowest BCUT2D eigenvalue weighted by Gasteiger charge is -1.94. The van der Waals surface area contributed by atoms with Gasteiger partial charge in [0.25, 0.3) is 0 Å². The van der Waals surface area contributed by atoms with Gasteiger partial charge in [-0.05, 0) is 12.1 Å². The van der Waals surface area contributed by atoms with E-state index in [1.165, 1.54) is 31.3 Å². The second-order valence-corrected chi connectivity index (χ2v) is 9.72. The number of aromatic nitrogens is 2. The Balaban J connectivity index is 1.49. The average Bonchev–Trinajstić information content (AvgIpc) is 3.41. The molecule has 4 aromatic heterocycles. The largest absolute Gasteiger partial charge is 0.223 e. The number of hydrogen-bond donors (Lipinski definition) is 0. The summed E-state index contributed by atoms with van der Waals surface area (Å²) in [6.07, 6.45) is 0. The number of nitrogens with zero attached hydrogens (tertiary/aromatic N) is 2. The van der Waals surface area contributed by atoms with Crippen molar-refractivity contribution in [2.45, 2.75) is 0 Å². The summed E-state index contributed by atoms with van der Waals surface area (Å²) in [5.74, 6) is 0. The predicted molar refractivity (Wildman–Crippen MR) is 117 cm³/mol. The third kappa shape index (κ3) is 2.20. The molecule has 6 heteroatoms. The van der Waals surface area contributed by atoms with E-state index in [2.05, 4.69) is 59.3 Å². The Kier molecular flexibility index (Phi) is 3.28. The van der Waals surface area contributed by atoms with Crippen molar-refractivity contribution in [1.82, 2.24) is 9.97 Å². The van der Waals surface area contributed by atoms with Gasteiger partial charge in [0, 0.05) is 42.1 Å². The van der Waals surface area contributed by atoms with Crippen LogP contribution in [-0.4, -0.2) is 9.97 Å². The highest BCUT2D eigenvalue weighted by Crippen LogP contribution is 2.42. The van der Waals surface area contributed by atoms with Gasteiger partial charge in [-0.15, -0.1) is 22.7 Å². The normalized spacial score (nSPS) is 11.8. The Bertz CT molecular complexity index is 1260. The minimum Gasteiger partial charge on any atom is -0.223 e. The summed E-state index contributed by atoms with van der Waals surface area (Å²) < 4.78 is 2.61. The highest BCUT2D eigenvalue weighted by molar-refractivity contribution is 7.30. The molecule has 0 atom stereocenters. The SMILES string of the molecule is c1ccc2c(-c3nc4sc(-c5csc6ccccc56)nc4s3)csc2c1.